The fourth-order valence-electron chi connectivity index (χ4n) is 3.49. The molecule has 4 heteroatoms. The zero-order valence-corrected chi connectivity index (χ0v) is 11.7. The Morgan fingerprint density at radius 3 is 2.84 bits per heavy atom. The van der Waals surface area contributed by atoms with Gasteiger partial charge in [0.05, 0.1) is 17.6 Å². The van der Waals surface area contributed by atoms with Crippen molar-refractivity contribution in [2.75, 3.05) is 6.61 Å². The molecule has 2 aliphatic rings. The first-order valence-corrected chi connectivity index (χ1v) is 6.95. The lowest BCUT2D eigenvalue weighted by molar-refractivity contribution is -0.145. The van der Waals surface area contributed by atoms with Gasteiger partial charge in [0.2, 0.25) is 0 Å². The Morgan fingerprint density at radius 2 is 2.21 bits per heavy atom. The standard InChI is InChI=1S/C15H22O4/c1-4-19-13(17)10(2)11-5-7-14(3)12(16)6-8-15(14,18)9-11/h11,18H,2,4-9H2,1,3H3/t11-,14+,15-/m0/s1. The van der Waals surface area contributed by atoms with Crippen molar-refractivity contribution in [3.63, 3.8) is 0 Å². The maximum atomic E-state index is 12.0. The summed E-state index contributed by atoms with van der Waals surface area (Å²) in [5.41, 5.74) is -1.20. The molecule has 3 atom stereocenters. The number of rotatable bonds is 3. The van der Waals surface area contributed by atoms with Crippen LogP contribution in [0.4, 0.5) is 0 Å². The van der Waals surface area contributed by atoms with Crippen molar-refractivity contribution in [2.24, 2.45) is 11.3 Å². The third-order valence-corrected chi connectivity index (χ3v) is 5.02. The van der Waals surface area contributed by atoms with Gasteiger partial charge < -0.3 is 9.84 Å². The van der Waals surface area contributed by atoms with Crippen molar-refractivity contribution >= 4 is 11.8 Å². The minimum atomic E-state index is -0.984. The van der Waals surface area contributed by atoms with E-state index in [9.17, 15) is 14.7 Å². The topological polar surface area (TPSA) is 63.6 Å². The summed E-state index contributed by atoms with van der Waals surface area (Å²) in [7, 11) is 0. The summed E-state index contributed by atoms with van der Waals surface area (Å²) in [6, 6.07) is 0. The smallest absolute Gasteiger partial charge is 0.333 e. The van der Waals surface area contributed by atoms with Gasteiger partial charge in [-0.05, 0) is 45.4 Å². The second kappa shape index (κ2) is 4.75. The average molecular weight is 266 g/mol. The zero-order valence-electron chi connectivity index (χ0n) is 11.7. The Bertz CT molecular complexity index is 428. The van der Waals surface area contributed by atoms with E-state index in [1.165, 1.54) is 0 Å². The van der Waals surface area contributed by atoms with E-state index < -0.39 is 11.0 Å². The number of fused-ring (bicyclic) bond motifs is 1. The highest BCUT2D eigenvalue weighted by molar-refractivity contribution is 5.90. The molecule has 0 aliphatic heterocycles. The SMILES string of the molecule is C=C(C(=O)OCC)[C@H]1CC[C@]2(C)C(=O)CC[C@]2(O)C1. The summed E-state index contributed by atoms with van der Waals surface area (Å²) in [6.45, 7) is 7.75. The minimum absolute atomic E-state index is 0.0805. The molecule has 1 N–H and O–H groups in total. The van der Waals surface area contributed by atoms with Crippen LogP contribution in [0.3, 0.4) is 0 Å². The van der Waals surface area contributed by atoms with Crippen molar-refractivity contribution < 1.29 is 19.4 Å². The average Bonchev–Trinajstić information content (AvgIpc) is 2.61. The normalized spacial score (nSPS) is 37.8. The maximum absolute atomic E-state index is 12.0. The molecule has 0 radical (unpaired) electrons. The molecule has 2 saturated carbocycles. The molecule has 19 heavy (non-hydrogen) atoms. The second-order valence-corrected chi connectivity index (χ2v) is 5.97. The third kappa shape index (κ3) is 2.12. The monoisotopic (exact) mass is 266 g/mol. The van der Waals surface area contributed by atoms with Crippen molar-refractivity contribution in [2.45, 2.75) is 51.6 Å². The number of carbonyl (C=O) groups excluding carboxylic acids is 2. The molecule has 106 valence electrons. The highest BCUT2D eigenvalue weighted by Crippen LogP contribution is 2.55. The van der Waals surface area contributed by atoms with Gasteiger partial charge in [-0.25, -0.2) is 4.79 Å². The van der Waals surface area contributed by atoms with Crippen LogP contribution in [0, 0.1) is 11.3 Å². The molecule has 0 aromatic carbocycles. The molecule has 0 aromatic rings. The Hall–Kier alpha value is -1.16. The molecule has 0 unspecified atom stereocenters. The number of ether oxygens (including phenoxy) is 1. The number of aliphatic hydroxyl groups is 1. The van der Waals surface area contributed by atoms with Crippen LogP contribution in [0.5, 0.6) is 0 Å². The lowest BCUT2D eigenvalue weighted by Crippen LogP contribution is -2.50. The van der Waals surface area contributed by atoms with Gasteiger partial charge in [0.25, 0.3) is 0 Å². The van der Waals surface area contributed by atoms with E-state index in [-0.39, 0.29) is 17.7 Å². The van der Waals surface area contributed by atoms with E-state index in [4.69, 9.17) is 4.74 Å². The third-order valence-electron chi connectivity index (χ3n) is 5.02. The summed E-state index contributed by atoms with van der Waals surface area (Å²) in [6.07, 6.45) is 2.70. The molecule has 2 aliphatic carbocycles. The molecule has 0 bridgehead atoms. The van der Waals surface area contributed by atoms with E-state index in [1.807, 2.05) is 6.92 Å². The van der Waals surface area contributed by atoms with Crippen LogP contribution in [0.25, 0.3) is 0 Å². The number of ketones is 1. The molecule has 0 aromatic heterocycles. The second-order valence-electron chi connectivity index (χ2n) is 5.97. The molecular formula is C15H22O4. The van der Waals surface area contributed by atoms with Crippen molar-refractivity contribution in [1.82, 2.24) is 0 Å². The van der Waals surface area contributed by atoms with Crippen LogP contribution in [-0.2, 0) is 14.3 Å². The number of hydrogen-bond acceptors (Lipinski definition) is 4. The minimum Gasteiger partial charge on any atom is -0.463 e. The van der Waals surface area contributed by atoms with E-state index in [1.54, 1.807) is 6.92 Å². The number of esters is 1. The van der Waals surface area contributed by atoms with E-state index in [0.29, 0.717) is 44.3 Å². The Kier molecular flexibility index (Phi) is 3.56. The van der Waals surface area contributed by atoms with Gasteiger partial charge in [-0.15, -0.1) is 0 Å². The van der Waals surface area contributed by atoms with Gasteiger partial charge in [0, 0.05) is 12.0 Å². The van der Waals surface area contributed by atoms with E-state index >= 15 is 0 Å². The summed E-state index contributed by atoms with van der Waals surface area (Å²) in [4.78, 5) is 23.7. The number of Topliss-reactive ketones (excluding diaryl/α,β-unsaturated/α-hetero) is 1. The van der Waals surface area contributed by atoms with Crippen LogP contribution in [0.2, 0.25) is 0 Å². The molecule has 0 spiro atoms. The molecule has 0 saturated heterocycles. The van der Waals surface area contributed by atoms with Gasteiger partial charge in [-0.3, -0.25) is 4.79 Å². The number of carbonyl (C=O) groups is 2. The van der Waals surface area contributed by atoms with Gasteiger partial charge in [0.1, 0.15) is 5.78 Å². The summed E-state index contributed by atoms with van der Waals surface area (Å²) in [5, 5.41) is 10.8. The number of hydrogen-bond donors (Lipinski definition) is 1. The molecule has 0 heterocycles. The summed E-state index contributed by atoms with van der Waals surface area (Å²) < 4.78 is 4.96. The molecule has 0 amide bonds. The molecule has 2 rings (SSSR count). The van der Waals surface area contributed by atoms with E-state index in [2.05, 4.69) is 6.58 Å². The first kappa shape index (κ1) is 14.3. The van der Waals surface area contributed by atoms with Crippen LogP contribution in [0.15, 0.2) is 12.2 Å². The van der Waals surface area contributed by atoms with Crippen molar-refractivity contribution in [3.8, 4) is 0 Å². The molecular weight excluding hydrogens is 244 g/mol. The lowest BCUT2D eigenvalue weighted by atomic mass is 9.61. The first-order chi connectivity index (χ1) is 8.84. The zero-order chi connectivity index (χ0) is 14.3. The van der Waals surface area contributed by atoms with Gasteiger partial charge in [-0.2, -0.15) is 0 Å². The van der Waals surface area contributed by atoms with Gasteiger partial charge in [0.15, 0.2) is 0 Å². The summed E-state index contributed by atoms with van der Waals surface area (Å²) in [5.74, 6) is -0.317. The van der Waals surface area contributed by atoms with Gasteiger partial charge >= 0.3 is 5.97 Å². The molecule has 4 nitrogen and oxygen atoms in total. The Labute approximate surface area is 113 Å². The summed E-state index contributed by atoms with van der Waals surface area (Å²) >= 11 is 0. The van der Waals surface area contributed by atoms with Crippen LogP contribution in [0.1, 0.15) is 46.0 Å². The van der Waals surface area contributed by atoms with Crippen molar-refractivity contribution in [3.05, 3.63) is 12.2 Å². The fourth-order valence-corrected chi connectivity index (χ4v) is 3.49. The van der Waals surface area contributed by atoms with Crippen LogP contribution < -0.4 is 0 Å². The predicted octanol–water partition coefficient (Wildman–Crippen LogP) is 2.01. The highest BCUT2D eigenvalue weighted by atomic mass is 16.5. The molecule has 2 fully saturated rings. The quantitative estimate of drug-likeness (QED) is 0.627. The Balaban J connectivity index is 2.13. The van der Waals surface area contributed by atoms with Crippen LogP contribution in [-0.4, -0.2) is 29.1 Å². The Morgan fingerprint density at radius 1 is 1.53 bits per heavy atom. The highest BCUT2D eigenvalue weighted by Gasteiger charge is 2.59. The largest absolute Gasteiger partial charge is 0.463 e. The van der Waals surface area contributed by atoms with E-state index in [0.717, 1.165) is 0 Å². The fraction of sp³-hybridized carbons (Fsp3) is 0.733. The van der Waals surface area contributed by atoms with Gasteiger partial charge in [-0.1, -0.05) is 6.58 Å². The predicted molar refractivity (Wildman–Crippen MR) is 70.4 cm³/mol. The van der Waals surface area contributed by atoms with Crippen LogP contribution >= 0.6 is 0 Å². The lowest BCUT2D eigenvalue weighted by Gasteiger charge is -2.45. The van der Waals surface area contributed by atoms with Crippen molar-refractivity contribution in [1.29, 1.82) is 0 Å². The maximum Gasteiger partial charge on any atom is 0.333 e. The first-order valence-electron chi connectivity index (χ1n) is 6.95.